The van der Waals surface area contributed by atoms with Crippen molar-refractivity contribution in [3.63, 3.8) is 0 Å². The fraction of sp³-hybridized carbons (Fsp3) is 0.476. The second-order valence-corrected chi connectivity index (χ2v) is 12.5. The topological polar surface area (TPSA) is 96.5 Å². The lowest BCUT2D eigenvalue weighted by atomic mass is 10.2. The Bertz CT molecular complexity index is 1000. The molecule has 0 radical (unpaired) electrons. The lowest BCUT2D eigenvalue weighted by molar-refractivity contribution is 0.0293. The Hall–Kier alpha value is -2.31. The summed E-state index contributed by atoms with van der Waals surface area (Å²) >= 11 is 6.30. The molecule has 8 nitrogen and oxygen atoms in total. The molecule has 1 aromatic carbocycles. The van der Waals surface area contributed by atoms with Crippen LogP contribution in [0.25, 0.3) is 0 Å². The summed E-state index contributed by atoms with van der Waals surface area (Å²) in [5.74, 6) is 0.818. The number of nitrogens with one attached hydrogen (secondary N) is 2. The summed E-state index contributed by atoms with van der Waals surface area (Å²) in [7, 11) is -2.49. The Kier molecular flexibility index (Phi) is 6.82. The third-order valence-corrected chi connectivity index (χ3v) is 6.48. The van der Waals surface area contributed by atoms with Gasteiger partial charge in [0.15, 0.2) is 5.82 Å². The summed E-state index contributed by atoms with van der Waals surface area (Å²) in [6, 6.07) is 7.39. The van der Waals surface area contributed by atoms with Crippen LogP contribution in [0, 0.1) is 0 Å². The highest BCUT2D eigenvalue weighted by molar-refractivity contribution is 7.70. The summed E-state index contributed by atoms with van der Waals surface area (Å²) in [5.41, 5.74) is 0.166. The van der Waals surface area contributed by atoms with Crippen LogP contribution in [0.4, 0.5) is 22.2 Å². The second kappa shape index (κ2) is 9.05. The van der Waals surface area contributed by atoms with E-state index in [4.69, 9.17) is 16.3 Å². The number of aromatic nitrogens is 2. The van der Waals surface area contributed by atoms with Crippen molar-refractivity contribution in [1.29, 1.82) is 0 Å². The van der Waals surface area contributed by atoms with Gasteiger partial charge in [-0.3, -0.25) is 0 Å². The van der Waals surface area contributed by atoms with Gasteiger partial charge in [-0.05, 0) is 52.7 Å². The van der Waals surface area contributed by atoms with E-state index in [1.54, 1.807) is 18.2 Å². The molecule has 0 spiro atoms. The maximum atomic E-state index is 12.6. The number of hydrogen-bond acceptors (Lipinski definition) is 7. The van der Waals surface area contributed by atoms with Crippen molar-refractivity contribution in [2.45, 2.75) is 38.8 Å². The highest BCUT2D eigenvalue weighted by atomic mass is 35.5. The van der Waals surface area contributed by atoms with E-state index in [-0.39, 0.29) is 12.1 Å². The van der Waals surface area contributed by atoms with Gasteiger partial charge in [-0.1, -0.05) is 23.7 Å². The number of para-hydroxylation sites is 1. The number of benzene rings is 1. The van der Waals surface area contributed by atoms with Crippen LogP contribution in [0.2, 0.25) is 5.02 Å². The zero-order chi connectivity index (χ0) is 22.8. The van der Waals surface area contributed by atoms with Gasteiger partial charge in [-0.2, -0.15) is 4.98 Å². The van der Waals surface area contributed by atoms with E-state index in [2.05, 4.69) is 20.6 Å². The molecule has 0 aliphatic carbocycles. The SMILES string of the molecule is CC(C)(C)OC(=O)N1CC[C@@H](Nc2ncc(Cl)c(Nc3ccccc3P(C)(C)=O)n2)C1. The van der Waals surface area contributed by atoms with Crippen LogP contribution in [-0.4, -0.2) is 59.0 Å². The van der Waals surface area contributed by atoms with Crippen molar-refractivity contribution in [3.05, 3.63) is 35.5 Å². The van der Waals surface area contributed by atoms with E-state index in [0.29, 0.717) is 35.6 Å². The Balaban J connectivity index is 1.70. The molecule has 1 amide bonds. The molecule has 1 saturated heterocycles. The zero-order valence-corrected chi connectivity index (χ0v) is 20.1. The fourth-order valence-corrected chi connectivity index (χ4v) is 4.55. The molecule has 1 aliphatic rings. The highest BCUT2D eigenvalue weighted by Gasteiger charge is 2.30. The molecule has 1 aliphatic heterocycles. The van der Waals surface area contributed by atoms with Gasteiger partial charge in [0.1, 0.15) is 17.8 Å². The van der Waals surface area contributed by atoms with Crippen molar-refractivity contribution in [2.75, 3.05) is 37.1 Å². The quantitative estimate of drug-likeness (QED) is 0.625. The predicted molar refractivity (Wildman–Crippen MR) is 126 cm³/mol. The molecule has 10 heteroatoms. The first-order chi connectivity index (χ1) is 14.4. The monoisotopic (exact) mass is 465 g/mol. The van der Waals surface area contributed by atoms with E-state index < -0.39 is 12.7 Å². The van der Waals surface area contributed by atoms with E-state index >= 15 is 0 Å². The Morgan fingerprint density at radius 2 is 2.00 bits per heavy atom. The van der Waals surface area contributed by atoms with Gasteiger partial charge < -0.3 is 24.8 Å². The summed E-state index contributed by atoms with van der Waals surface area (Å²) in [4.78, 5) is 22.7. The minimum Gasteiger partial charge on any atom is -0.444 e. The van der Waals surface area contributed by atoms with E-state index in [0.717, 1.165) is 11.7 Å². The summed E-state index contributed by atoms with van der Waals surface area (Å²) in [6.07, 6.45) is 1.95. The first kappa shape index (κ1) is 23.4. The molecule has 2 N–H and O–H groups in total. The number of likely N-dealkylation sites (tertiary alicyclic amines) is 1. The van der Waals surface area contributed by atoms with Crippen LogP contribution < -0.4 is 15.9 Å². The minimum absolute atomic E-state index is 0.000307. The smallest absolute Gasteiger partial charge is 0.410 e. The van der Waals surface area contributed by atoms with Crippen molar-refractivity contribution in [2.24, 2.45) is 0 Å². The molecule has 1 fully saturated rings. The third-order valence-electron chi connectivity index (χ3n) is 4.65. The molecule has 0 unspecified atom stereocenters. The second-order valence-electron chi connectivity index (χ2n) is 8.94. The van der Waals surface area contributed by atoms with Gasteiger partial charge in [0.2, 0.25) is 5.95 Å². The normalized spacial score (nSPS) is 16.8. The fourth-order valence-electron chi connectivity index (χ4n) is 3.25. The largest absolute Gasteiger partial charge is 0.444 e. The molecule has 2 heterocycles. The summed E-state index contributed by atoms with van der Waals surface area (Å²) < 4.78 is 18.1. The van der Waals surface area contributed by atoms with Gasteiger partial charge in [0.25, 0.3) is 0 Å². The standard InChI is InChI=1S/C21H29ClN5O3P/c1-21(2,3)30-20(28)27-11-10-14(13-27)24-19-23-12-15(22)18(26-19)25-16-8-6-7-9-17(16)31(4,5)29/h6-9,12,14H,10-11,13H2,1-5H3,(H2,23,24,25,26)/t14-/m1/s1. The van der Waals surface area contributed by atoms with Gasteiger partial charge in [-0.15, -0.1) is 0 Å². The third kappa shape index (κ3) is 6.34. The molecule has 1 atom stereocenters. The van der Waals surface area contributed by atoms with Crippen molar-refractivity contribution >= 4 is 47.6 Å². The first-order valence-electron chi connectivity index (χ1n) is 10.1. The number of anilines is 3. The number of halogens is 1. The summed E-state index contributed by atoms with van der Waals surface area (Å²) in [6.45, 7) is 10.1. The van der Waals surface area contributed by atoms with Gasteiger partial charge >= 0.3 is 6.09 Å². The molecule has 31 heavy (non-hydrogen) atoms. The van der Waals surface area contributed by atoms with Crippen molar-refractivity contribution in [1.82, 2.24) is 14.9 Å². The molecular formula is C21H29ClN5O3P. The number of carbonyl (C=O) groups excluding carboxylic acids is 1. The lowest BCUT2D eigenvalue weighted by Gasteiger charge is -2.24. The van der Waals surface area contributed by atoms with E-state index in [9.17, 15) is 9.36 Å². The molecule has 3 rings (SSSR count). The van der Waals surface area contributed by atoms with E-state index in [1.807, 2.05) is 45.0 Å². The number of nitrogens with zero attached hydrogens (tertiary/aromatic N) is 3. The van der Waals surface area contributed by atoms with Gasteiger partial charge in [-0.25, -0.2) is 9.78 Å². The molecule has 2 aromatic rings. The molecule has 168 valence electrons. The van der Waals surface area contributed by atoms with E-state index in [1.165, 1.54) is 6.20 Å². The molecule has 1 aromatic heterocycles. The number of hydrogen-bond donors (Lipinski definition) is 2. The van der Waals surface area contributed by atoms with Gasteiger partial charge in [0.05, 0.1) is 11.9 Å². The molecular weight excluding hydrogens is 437 g/mol. The first-order valence-corrected chi connectivity index (χ1v) is 13.1. The van der Waals surface area contributed by atoms with Crippen LogP contribution in [-0.2, 0) is 9.30 Å². The predicted octanol–water partition coefficient (Wildman–Crippen LogP) is 4.54. The highest BCUT2D eigenvalue weighted by Crippen LogP contribution is 2.38. The average molecular weight is 466 g/mol. The number of ether oxygens (including phenoxy) is 1. The van der Waals surface area contributed by atoms with Crippen LogP contribution >= 0.6 is 18.7 Å². The number of amides is 1. The van der Waals surface area contributed by atoms with Crippen LogP contribution in [0.15, 0.2) is 30.5 Å². The zero-order valence-electron chi connectivity index (χ0n) is 18.5. The maximum Gasteiger partial charge on any atom is 0.410 e. The Morgan fingerprint density at radius 3 is 2.68 bits per heavy atom. The van der Waals surface area contributed by atoms with Crippen molar-refractivity contribution < 1.29 is 14.1 Å². The Morgan fingerprint density at radius 1 is 1.29 bits per heavy atom. The molecule has 0 bridgehead atoms. The average Bonchev–Trinajstić information content (AvgIpc) is 3.11. The van der Waals surface area contributed by atoms with Gasteiger partial charge in [0, 0.05) is 24.4 Å². The number of carbonyl (C=O) groups is 1. The van der Waals surface area contributed by atoms with Crippen molar-refractivity contribution in [3.8, 4) is 0 Å². The lowest BCUT2D eigenvalue weighted by Crippen LogP contribution is -2.36. The Labute approximate surface area is 188 Å². The van der Waals surface area contributed by atoms with Crippen LogP contribution in [0.5, 0.6) is 0 Å². The maximum absolute atomic E-state index is 12.6. The molecule has 0 saturated carbocycles. The summed E-state index contributed by atoms with van der Waals surface area (Å²) in [5, 5.41) is 7.52. The number of rotatable bonds is 5. The van der Waals surface area contributed by atoms with Crippen LogP contribution in [0.1, 0.15) is 27.2 Å². The minimum atomic E-state index is -2.49. The van der Waals surface area contributed by atoms with Crippen LogP contribution in [0.3, 0.4) is 0 Å².